The Morgan fingerprint density at radius 2 is 2.00 bits per heavy atom. The van der Waals surface area contributed by atoms with Gasteiger partial charge in [-0.2, -0.15) is 0 Å². The summed E-state index contributed by atoms with van der Waals surface area (Å²) in [6, 6.07) is 0.437. The fourth-order valence-electron chi connectivity index (χ4n) is 6.84. The van der Waals surface area contributed by atoms with E-state index in [0.717, 1.165) is 24.8 Å². The standard InChI is InChI=1S/C28H35NO8/c1-14(2)6-5-10-28(4)17-9-11-27(3,35)24-21(17)22-19(37-28)12-15-16(23(22)36-24)13-29(25(15)32)18(26(33)34)7-8-20(30)31/h6,12,17-18,21,24,35H,5,7-11,13H2,1-4H3,(H,30,31)(H,33,34)/t17-,18-,21+,24+,27-,28+/m1/s1. The summed E-state index contributed by atoms with van der Waals surface area (Å²) < 4.78 is 13.2. The predicted octanol–water partition coefficient (Wildman–Crippen LogP) is 3.86. The van der Waals surface area contributed by atoms with Crippen LogP contribution >= 0.6 is 0 Å². The molecule has 0 saturated heterocycles. The molecule has 9 heteroatoms. The van der Waals surface area contributed by atoms with Gasteiger partial charge in [-0.05, 0) is 65.9 Å². The number of hydrogen-bond donors (Lipinski definition) is 3. The molecule has 3 aliphatic heterocycles. The van der Waals surface area contributed by atoms with Gasteiger partial charge in [-0.1, -0.05) is 11.6 Å². The maximum absolute atomic E-state index is 13.5. The Morgan fingerprint density at radius 1 is 1.27 bits per heavy atom. The number of aliphatic hydroxyl groups is 1. The van der Waals surface area contributed by atoms with Crippen LogP contribution in [-0.2, 0) is 16.1 Å². The molecule has 6 atom stereocenters. The lowest BCUT2D eigenvalue weighted by Gasteiger charge is -2.51. The van der Waals surface area contributed by atoms with Crippen LogP contribution in [0.3, 0.4) is 0 Å². The van der Waals surface area contributed by atoms with Crippen LogP contribution in [0.2, 0.25) is 0 Å². The average Bonchev–Trinajstić information content (AvgIpc) is 3.34. The first-order chi connectivity index (χ1) is 17.3. The smallest absolute Gasteiger partial charge is 0.326 e. The van der Waals surface area contributed by atoms with Crippen molar-refractivity contribution >= 4 is 17.8 Å². The van der Waals surface area contributed by atoms with E-state index in [1.54, 1.807) is 13.0 Å². The van der Waals surface area contributed by atoms with Crippen molar-refractivity contribution in [2.24, 2.45) is 5.92 Å². The van der Waals surface area contributed by atoms with E-state index in [2.05, 4.69) is 26.8 Å². The van der Waals surface area contributed by atoms with Gasteiger partial charge in [0.05, 0.1) is 17.7 Å². The summed E-state index contributed by atoms with van der Waals surface area (Å²) in [5.41, 5.74) is 1.42. The highest BCUT2D eigenvalue weighted by atomic mass is 16.5. The second-order valence-corrected chi connectivity index (χ2v) is 11.7. The van der Waals surface area contributed by atoms with Gasteiger partial charge in [0, 0.05) is 29.4 Å². The van der Waals surface area contributed by atoms with Crippen molar-refractivity contribution in [1.82, 2.24) is 4.90 Å². The molecule has 1 aromatic rings. The molecule has 0 unspecified atom stereocenters. The van der Waals surface area contributed by atoms with E-state index >= 15 is 0 Å². The minimum Gasteiger partial charge on any atom is -0.487 e. The third kappa shape index (κ3) is 4.07. The number of hydrogen-bond acceptors (Lipinski definition) is 6. The Bertz CT molecular complexity index is 1200. The minimum atomic E-state index is -1.27. The largest absolute Gasteiger partial charge is 0.487 e. The maximum Gasteiger partial charge on any atom is 0.326 e. The van der Waals surface area contributed by atoms with Crippen molar-refractivity contribution in [3.05, 3.63) is 34.4 Å². The van der Waals surface area contributed by atoms with Gasteiger partial charge >= 0.3 is 11.9 Å². The summed E-state index contributed by atoms with van der Waals surface area (Å²) in [5, 5.41) is 30.2. The Morgan fingerprint density at radius 3 is 2.65 bits per heavy atom. The summed E-state index contributed by atoms with van der Waals surface area (Å²) in [6.45, 7) is 8.02. The molecule has 200 valence electrons. The first kappa shape index (κ1) is 25.6. The zero-order chi connectivity index (χ0) is 26.9. The second-order valence-electron chi connectivity index (χ2n) is 11.7. The van der Waals surface area contributed by atoms with Crippen LogP contribution in [0.4, 0.5) is 0 Å². The zero-order valence-corrected chi connectivity index (χ0v) is 21.7. The molecule has 1 aromatic carbocycles. The van der Waals surface area contributed by atoms with E-state index in [0.29, 0.717) is 29.0 Å². The highest BCUT2D eigenvalue weighted by molar-refractivity contribution is 6.02. The monoisotopic (exact) mass is 513 g/mol. The number of fused-ring (bicyclic) bond motifs is 2. The van der Waals surface area contributed by atoms with Gasteiger partial charge in [0.25, 0.3) is 5.91 Å². The normalized spacial score (nSPS) is 31.6. The van der Waals surface area contributed by atoms with Gasteiger partial charge in [-0.3, -0.25) is 9.59 Å². The van der Waals surface area contributed by atoms with E-state index in [4.69, 9.17) is 14.6 Å². The molecule has 0 bridgehead atoms. The number of carboxylic acids is 2. The van der Waals surface area contributed by atoms with Gasteiger partial charge in [0.15, 0.2) is 0 Å². The molecule has 5 rings (SSSR count). The number of nitrogens with zero attached hydrogens (tertiary/aromatic N) is 1. The number of allylic oxidation sites excluding steroid dienone is 2. The Balaban J connectivity index is 1.57. The van der Waals surface area contributed by atoms with Crippen LogP contribution < -0.4 is 9.47 Å². The van der Waals surface area contributed by atoms with E-state index in [-0.39, 0.29) is 31.2 Å². The maximum atomic E-state index is 13.5. The summed E-state index contributed by atoms with van der Waals surface area (Å²) in [6.07, 6.45) is 4.09. The molecule has 3 heterocycles. The SMILES string of the molecule is CC(C)=CCC[C@]1(C)Oc2cc3c(c4c2[C@@H]2[C@H]1CC[C@@](C)(O)[C@H]2O4)CN([C@H](CCC(=O)O)C(=O)O)C3=O. The van der Waals surface area contributed by atoms with Crippen molar-refractivity contribution in [2.75, 3.05) is 0 Å². The number of carbonyl (C=O) groups excluding carboxylic acids is 1. The van der Waals surface area contributed by atoms with Crippen LogP contribution in [0, 0.1) is 5.92 Å². The number of rotatable bonds is 8. The van der Waals surface area contributed by atoms with E-state index in [9.17, 15) is 24.6 Å². The molecule has 1 fully saturated rings. The minimum absolute atomic E-state index is 0.0114. The molecule has 1 saturated carbocycles. The van der Waals surface area contributed by atoms with E-state index < -0.39 is 41.2 Å². The predicted molar refractivity (Wildman–Crippen MR) is 133 cm³/mol. The van der Waals surface area contributed by atoms with Crippen LogP contribution in [0.1, 0.15) is 93.6 Å². The summed E-state index contributed by atoms with van der Waals surface area (Å²) in [5.74, 6) is -1.76. The van der Waals surface area contributed by atoms with Gasteiger partial charge in [0.1, 0.15) is 29.2 Å². The van der Waals surface area contributed by atoms with Gasteiger partial charge in [-0.25, -0.2) is 4.79 Å². The van der Waals surface area contributed by atoms with Crippen molar-refractivity contribution in [2.45, 2.75) is 102 Å². The average molecular weight is 514 g/mol. The molecule has 0 spiro atoms. The lowest BCUT2D eigenvalue weighted by molar-refractivity contribution is -0.143. The number of ether oxygens (including phenoxy) is 2. The van der Waals surface area contributed by atoms with Gasteiger partial charge in [0.2, 0.25) is 0 Å². The molecule has 0 radical (unpaired) electrons. The molecule has 1 amide bonds. The molecular weight excluding hydrogens is 478 g/mol. The topological polar surface area (TPSA) is 134 Å². The van der Waals surface area contributed by atoms with E-state index in [1.807, 2.05) is 0 Å². The fraction of sp³-hybridized carbons (Fsp3) is 0.607. The molecule has 37 heavy (non-hydrogen) atoms. The van der Waals surface area contributed by atoms with Gasteiger partial charge in [-0.15, -0.1) is 0 Å². The van der Waals surface area contributed by atoms with Crippen LogP contribution in [0.5, 0.6) is 11.5 Å². The quantitative estimate of drug-likeness (QED) is 0.446. The Hall–Kier alpha value is -3.07. The van der Waals surface area contributed by atoms with Gasteiger partial charge < -0.3 is 29.7 Å². The molecule has 4 aliphatic rings. The molecule has 0 aromatic heterocycles. The third-order valence-corrected chi connectivity index (χ3v) is 8.73. The number of carbonyl (C=O) groups is 3. The highest BCUT2D eigenvalue weighted by Gasteiger charge is 2.61. The summed E-state index contributed by atoms with van der Waals surface area (Å²) in [7, 11) is 0. The first-order valence-electron chi connectivity index (χ1n) is 13.0. The number of aliphatic carboxylic acids is 2. The lowest BCUT2D eigenvalue weighted by atomic mass is 9.61. The van der Waals surface area contributed by atoms with E-state index in [1.165, 1.54) is 10.5 Å². The molecule has 3 N–H and O–H groups in total. The van der Waals surface area contributed by atoms with Crippen LogP contribution in [0.25, 0.3) is 0 Å². The summed E-state index contributed by atoms with van der Waals surface area (Å²) >= 11 is 0. The molecule has 1 aliphatic carbocycles. The fourth-order valence-corrected chi connectivity index (χ4v) is 6.84. The third-order valence-electron chi connectivity index (χ3n) is 8.73. The van der Waals surface area contributed by atoms with Crippen LogP contribution in [-0.4, -0.2) is 61.4 Å². The van der Waals surface area contributed by atoms with Crippen molar-refractivity contribution < 1.29 is 39.2 Å². The lowest BCUT2D eigenvalue weighted by Crippen LogP contribution is -2.57. The molecule has 9 nitrogen and oxygen atoms in total. The Labute approximate surface area is 216 Å². The van der Waals surface area contributed by atoms with Crippen molar-refractivity contribution in [3.8, 4) is 11.5 Å². The van der Waals surface area contributed by atoms with Crippen LogP contribution in [0.15, 0.2) is 17.7 Å². The summed E-state index contributed by atoms with van der Waals surface area (Å²) in [4.78, 5) is 37.8. The van der Waals surface area contributed by atoms with Crippen molar-refractivity contribution in [3.63, 3.8) is 0 Å². The number of benzene rings is 1. The first-order valence-corrected chi connectivity index (χ1v) is 13.0. The molecular formula is C28H35NO8. The Kier molecular flexibility index (Phi) is 6.05. The second kappa shape index (κ2) is 8.75. The number of amides is 1. The van der Waals surface area contributed by atoms with Crippen molar-refractivity contribution in [1.29, 1.82) is 0 Å². The number of carboxylic acid groups (broad SMARTS) is 2. The zero-order valence-electron chi connectivity index (χ0n) is 21.7. The highest BCUT2D eigenvalue weighted by Crippen LogP contribution is 2.63.